The van der Waals surface area contributed by atoms with Gasteiger partial charge in [0, 0.05) is 0 Å². The van der Waals surface area contributed by atoms with Crippen LogP contribution in [0.25, 0.3) is 0 Å². The maximum atomic E-state index is 10.00. The quantitative estimate of drug-likeness (QED) is 0.620. The maximum Gasteiger partial charge on any atom is 0.126 e. The summed E-state index contributed by atoms with van der Waals surface area (Å²) in [5.74, 6) is 1.62. The van der Waals surface area contributed by atoms with Gasteiger partial charge in [0.1, 0.15) is 18.4 Å². The molecule has 0 fully saturated rings. The molecular formula is C19H34NO3+. The predicted octanol–water partition coefficient (Wildman–Crippen LogP) is 2.35. The number of hydrogen-bond acceptors (Lipinski definition) is 3. The molecule has 0 saturated heterocycles. The monoisotopic (exact) mass is 324 g/mol. The van der Waals surface area contributed by atoms with E-state index in [0.717, 1.165) is 17.2 Å². The molecule has 23 heavy (non-hydrogen) atoms. The summed E-state index contributed by atoms with van der Waals surface area (Å²) in [7, 11) is 1.65. The van der Waals surface area contributed by atoms with Crippen LogP contribution in [0, 0.1) is 5.92 Å². The van der Waals surface area contributed by atoms with Crippen LogP contribution in [0.3, 0.4) is 0 Å². The lowest BCUT2D eigenvalue weighted by atomic mass is 10.0. The van der Waals surface area contributed by atoms with E-state index >= 15 is 0 Å². The van der Waals surface area contributed by atoms with Gasteiger partial charge < -0.3 is 19.9 Å². The minimum absolute atomic E-state index is 0.376. The second-order valence-electron chi connectivity index (χ2n) is 6.79. The Hall–Kier alpha value is -1.10. The number of benzene rings is 1. The van der Waals surface area contributed by atoms with Crippen molar-refractivity contribution in [3.05, 3.63) is 29.8 Å². The zero-order chi connectivity index (χ0) is 17.1. The summed E-state index contributed by atoms with van der Waals surface area (Å²) in [5, 5.41) is 12.2. The van der Waals surface area contributed by atoms with Crippen LogP contribution >= 0.6 is 0 Å². The molecule has 0 bridgehead atoms. The third kappa shape index (κ3) is 9.59. The molecule has 132 valence electrons. The van der Waals surface area contributed by atoms with Gasteiger partial charge in [0.05, 0.1) is 26.4 Å². The minimum atomic E-state index is -0.416. The molecule has 0 spiro atoms. The second kappa shape index (κ2) is 11.4. The normalized spacial score (nSPS) is 14.0. The van der Waals surface area contributed by atoms with E-state index in [1.807, 2.05) is 24.3 Å². The van der Waals surface area contributed by atoms with Crippen molar-refractivity contribution in [2.24, 2.45) is 5.92 Å². The van der Waals surface area contributed by atoms with E-state index in [-0.39, 0.29) is 0 Å². The molecule has 0 aliphatic rings. The number of ether oxygens (including phenoxy) is 2. The van der Waals surface area contributed by atoms with Crippen molar-refractivity contribution >= 4 is 0 Å². The highest BCUT2D eigenvalue weighted by Gasteiger charge is 2.11. The summed E-state index contributed by atoms with van der Waals surface area (Å²) < 4.78 is 10.7. The largest absolute Gasteiger partial charge is 0.497 e. The molecule has 0 heterocycles. The fourth-order valence-corrected chi connectivity index (χ4v) is 2.46. The van der Waals surface area contributed by atoms with Crippen LogP contribution in [0.2, 0.25) is 0 Å². The van der Waals surface area contributed by atoms with Crippen molar-refractivity contribution in [3.8, 4) is 5.75 Å². The van der Waals surface area contributed by atoms with E-state index in [1.54, 1.807) is 7.11 Å². The van der Waals surface area contributed by atoms with Crippen LogP contribution in [0.5, 0.6) is 5.75 Å². The maximum absolute atomic E-state index is 10.00. The predicted molar refractivity (Wildman–Crippen MR) is 93.6 cm³/mol. The molecule has 0 amide bonds. The molecule has 0 aliphatic carbocycles. The first-order valence-corrected chi connectivity index (χ1v) is 8.73. The Morgan fingerprint density at radius 1 is 1.09 bits per heavy atom. The third-order valence-corrected chi connectivity index (χ3v) is 3.99. The van der Waals surface area contributed by atoms with Crippen molar-refractivity contribution in [3.63, 3.8) is 0 Å². The SMILES string of the molecule is COc1ccc(COC[C@H](O)C[NH2+][C@@H](C)CCCC(C)C)cc1. The Morgan fingerprint density at radius 3 is 2.39 bits per heavy atom. The fourth-order valence-electron chi connectivity index (χ4n) is 2.46. The van der Waals surface area contributed by atoms with Gasteiger partial charge in [-0.2, -0.15) is 0 Å². The number of aliphatic hydroxyl groups is 1. The smallest absolute Gasteiger partial charge is 0.126 e. The van der Waals surface area contributed by atoms with Gasteiger partial charge >= 0.3 is 0 Å². The van der Waals surface area contributed by atoms with Gasteiger partial charge in [-0.15, -0.1) is 0 Å². The van der Waals surface area contributed by atoms with Crippen LogP contribution in [-0.2, 0) is 11.3 Å². The van der Waals surface area contributed by atoms with Crippen molar-refractivity contribution in [1.29, 1.82) is 0 Å². The second-order valence-corrected chi connectivity index (χ2v) is 6.79. The Bertz CT molecular complexity index is 406. The third-order valence-electron chi connectivity index (χ3n) is 3.99. The summed E-state index contributed by atoms with van der Waals surface area (Å²) in [6.45, 7) is 8.35. The van der Waals surface area contributed by atoms with Crippen LogP contribution < -0.4 is 10.1 Å². The number of nitrogens with two attached hydrogens (primary N) is 1. The van der Waals surface area contributed by atoms with E-state index in [1.165, 1.54) is 19.3 Å². The number of methoxy groups -OCH3 is 1. The van der Waals surface area contributed by atoms with E-state index in [0.29, 0.717) is 25.8 Å². The average molecular weight is 324 g/mol. The van der Waals surface area contributed by atoms with Crippen LogP contribution in [0.15, 0.2) is 24.3 Å². The number of rotatable bonds is 12. The Labute approximate surface area is 141 Å². The van der Waals surface area contributed by atoms with Crippen molar-refractivity contribution in [1.82, 2.24) is 0 Å². The molecule has 4 heteroatoms. The first-order chi connectivity index (χ1) is 11.0. The molecule has 1 aromatic rings. The number of hydrogen-bond donors (Lipinski definition) is 2. The lowest BCUT2D eigenvalue weighted by Crippen LogP contribution is -2.91. The molecule has 0 aromatic heterocycles. The molecule has 0 radical (unpaired) electrons. The van der Waals surface area contributed by atoms with Crippen molar-refractivity contribution in [2.45, 2.75) is 58.8 Å². The lowest BCUT2D eigenvalue weighted by Gasteiger charge is -2.15. The number of aliphatic hydroxyl groups excluding tert-OH is 1. The van der Waals surface area contributed by atoms with Gasteiger partial charge in [0.25, 0.3) is 0 Å². The van der Waals surface area contributed by atoms with Crippen molar-refractivity contribution < 1.29 is 19.9 Å². The van der Waals surface area contributed by atoms with Crippen LogP contribution in [0.4, 0.5) is 0 Å². The Kier molecular flexibility index (Phi) is 9.92. The highest BCUT2D eigenvalue weighted by atomic mass is 16.5. The van der Waals surface area contributed by atoms with Gasteiger partial charge in [0.15, 0.2) is 0 Å². The Morgan fingerprint density at radius 2 is 1.78 bits per heavy atom. The average Bonchev–Trinajstić information content (AvgIpc) is 2.53. The molecule has 2 atom stereocenters. The van der Waals surface area contributed by atoms with Gasteiger partial charge in [-0.05, 0) is 43.4 Å². The highest BCUT2D eigenvalue weighted by Crippen LogP contribution is 2.12. The van der Waals surface area contributed by atoms with Crippen LogP contribution in [0.1, 0.15) is 45.6 Å². The van der Waals surface area contributed by atoms with E-state index in [9.17, 15) is 5.11 Å². The summed E-state index contributed by atoms with van der Waals surface area (Å²) >= 11 is 0. The summed E-state index contributed by atoms with van der Waals surface area (Å²) in [6, 6.07) is 8.36. The molecule has 3 N–H and O–H groups in total. The molecular weight excluding hydrogens is 290 g/mol. The topological polar surface area (TPSA) is 55.3 Å². The summed E-state index contributed by atoms with van der Waals surface area (Å²) in [4.78, 5) is 0. The van der Waals surface area contributed by atoms with E-state index in [4.69, 9.17) is 9.47 Å². The van der Waals surface area contributed by atoms with E-state index < -0.39 is 6.10 Å². The number of quaternary nitrogens is 1. The lowest BCUT2D eigenvalue weighted by molar-refractivity contribution is -0.692. The standard InChI is InChI=1S/C19H33NO3/c1-15(2)6-5-7-16(3)20-12-18(21)14-23-13-17-8-10-19(22-4)11-9-17/h8-11,15-16,18,20-21H,5-7,12-14H2,1-4H3/p+1/t16-,18+/m0/s1. The molecule has 1 rings (SSSR count). The molecule has 1 aromatic carbocycles. The van der Waals surface area contributed by atoms with Gasteiger partial charge in [-0.25, -0.2) is 0 Å². The zero-order valence-corrected chi connectivity index (χ0v) is 15.1. The van der Waals surface area contributed by atoms with E-state index in [2.05, 4.69) is 26.1 Å². The molecule has 0 unspecified atom stereocenters. The van der Waals surface area contributed by atoms with Gasteiger partial charge in [-0.1, -0.05) is 32.4 Å². The molecule has 0 saturated carbocycles. The fraction of sp³-hybridized carbons (Fsp3) is 0.684. The van der Waals surface area contributed by atoms with Gasteiger partial charge in [0.2, 0.25) is 0 Å². The first kappa shape index (κ1) is 19.9. The van der Waals surface area contributed by atoms with Crippen molar-refractivity contribution in [2.75, 3.05) is 20.3 Å². The highest BCUT2D eigenvalue weighted by molar-refractivity contribution is 5.26. The summed E-state index contributed by atoms with van der Waals surface area (Å²) in [5.41, 5.74) is 1.09. The molecule has 4 nitrogen and oxygen atoms in total. The van der Waals surface area contributed by atoms with Gasteiger partial charge in [-0.3, -0.25) is 0 Å². The summed E-state index contributed by atoms with van der Waals surface area (Å²) in [6.07, 6.45) is 3.34. The molecule has 0 aliphatic heterocycles. The first-order valence-electron chi connectivity index (χ1n) is 8.73. The minimum Gasteiger partial charge on any atom is -0.497 e. The van der Waals surface area contributed by atoms with Crippen LogP contribution in [-0.4, -0.2) is 37.5 Å². The zero-order valence-electron chi connectivity index (χ0n) is 15.1. The Balaban J connectivity index is 2.10.